The molecule has 148 valence electrons. The van der Waals surface area contributed by atoms with Crippen molar-refractivity contribution in [2.45, 2.75) is 51.4 Å². The van der Waals surface area contributed by atoms with Crippen LogP contribution < -0.4 is 0 Å². The van der Waals surface area contributed by atoms with Gasteiger partial charge in [0.2, 0.25) is 0 Å². The minimum atomic E-state index is -0.117. The first-order chi connectivity index (χ1) is 12.1. The van der Waals surface area contributed by atoms with Crippen LogP contribution in [0.4, 0.5) is 0 Å². The molecule has 2 aliphatic carbocycles. The van der Waals surface area contributed by atoms with Crippen LogP contribution in [0, 0.1) is 23.7 Å². The van der Waals surface area contributed by atoms with Gasteiger partial charge in [-0.15, -0.1) is 0 Å². The molecule has 2 N–H and O–H groups in total. The van der Waals surface area contributed by atoms with Gasteiger partial charge in [0, 0.05) is 20.3 Å². The second-order valence-electron chi connectivity index (χ2n) is 7.29. The molecule has 4 atom stereocenters. The third-order valence-corrected chi connectivity index (χ3v) is 5.28. The van der Waals surface area contributed by atoms with E-state index in [4.69, 9.17) is 19.7 Å². The molecule has 6 heteroatoms. The second-order valence-corrected chi connectivity index (χ2v) is 7.29. The summed E-state index contributed by atoms with van der Waals surface area (Å²) in [6, 6.07) is 0. The lowest BCUT2D eigenvalue weighted by molar-refractivity contribution is -0.147. The van der Waals surface area contributed by atoms with Gasteiger partial charge in [0.15, 0.2) is 0 Å². The second kappa shape index (κ2) is 13.5. The number of rotatable bonds is 7. The number of aliphatic hydroxyl groups excluding tert-OH is 2. The fraction of sp³-hybridized carbons (Fsp3) is 0.947. The molecule has 0 aromatic carbocycles. The number of esters is 1. The molecule has 0 bridgehead atoms. The summed E-state index contributed by atoms with van der Waals surface area (Å²) in [4.78, 5) is 11.1. The summed E-state index contributed by atoms with van der Waals surface area (Å²) in [7, 11) is 3.06. The first-order valence-electron chi connectivity index (χ1n) is 9.50. The third-order valence-electron chi connectivity index (χ3n) is 5.28. The lowest BCUT2D eigenvalue weighted by Crippen LogP contribution is -2.25. The van der Waals surface area contributed by atoms with Crippen LogP contribution in [-0.2, 0) is 19.0 Å². The maximum absolute atomic E-state index is 11.1. The highest BCUT2D eigenvalue weighted by Crippen LogP contribution is 2.29. The number of hydrogen-bond donors (Lipinski definition) is 2. The topological polar surface area (TPSA) is 85.2 Å². The molecular weight excluding hydrogens is 324 g/mol. The van der Waals surface area contributed by atoms with Crippen LogP contribution in [0.15, 0.2) is 0 Å². The van der Waals surface area contributed by atoms with E-state index in [0.717, 1.165) is 38.7 Å². The Morgan fingerprint density at radius 2 is 1.52 bits per heavy atom. The Kier molecular flexibility index (Phi) is 12.1. The molecular formula is C19H36O6. The standard InChI is InChI=1S/C10H20O3.C9H16O3/c1-12-8-13-7-10-4-2-3-9(5-10)6-11;1-12-9(11)8-4-2-3-7(5-8)6-10/h9-11H,2-8H2,1H3;7-8,10H,2-6H2,1H3. The van der Waals surface area contributed by atoms with Gasteiger partial charge in [0.25, 0.3) is 0 Å². The zero-order chi connectivity index (χ0) is 18.5. The first-order valence-corrected chi connectivity index (χ1v) is 9.50. The summed E-state index contributed by atoms with van der Waals surface area (Å²) < 4.78 is 14.8. The number of ether oxygens (including phenoxy) is 3. The smallest absolute Gasteiger partial charge is 0.308 e. The van der Waals surface area contributed by atoms with E-state index < -0.39 is 0 Å². The zero-order valence-electron chi connectivity index (χ0n) is 15.8. The van der Waals surface area contributed by atoms with Gasteiger partial charge in [-0.3, -0.25) is 4.79 Å². The van der Waals surface area contributed by atoms with Crippen LogP contribution >= 0.6 is 0 Å². The summed E-state index contributed by atoms with van der Waals surface area (Å²) in [6.45, 7) is 1.71. The minimum absolute atomic E-state index is 0.0286. The lowest BCUT2D eigenvalue weighted by atomic mass is 9.82. The average molecular weight is 360 g/mol. The molecule has 2 fully saturated rings. The van der Waals surface area contributed by atoms with E-state index in [0.29, 0.717) is 31.2 Å². The van der Waals surface area contributed by atoms with Crippen molar-refractivity contribution in [3.05, 3.63) is 0 Å². The van der Waals surface area contributed by atoms with Crippen LogP contribution in [0.2, 0.25) is 0 Å². The molecule has 0 aromatic rings. The van der Waals surface area contributed by atoms with E-state index in [2.05, 4.69) is 4.74 Å². The number of aliphatic hydroxyl groups is 2. The predicted octanol–water partition coefficient (Wildman–Crippen LogP) is 2.36. The van der Waals surface area contributed by atoms with Crippen LogP contribution in [0.5, 0.6) is 0 Å². The van der Waals surface area contributed by atoms with E-state index in [1.165, 1.54) is 26.4 Å². The molecule has 2 rings (SSSR count). The van der Waals surface area contributed by atoms with Gasteiger partial charge in [-0.1, -0.05) is 12.8 Å². The highest BCUT2D eigenvalue weighted by atomic mass is 16.7. The Hall–Kier alpha value is -0.690. The van der Waals surface area contributed by atoms with Gasteiger partial charge in [0.05, 0.1) is 19.6 Å². The van der Waals surface area contributed by atoms with Gasteiger partial charge in [-0.25, -0.2) is 0 Å². The fourth-order valence-electron chi connectivity index (χ4n) is 3.86. The third kappa shape index (κ3) is 8.99. The van der Waals surface area contributed by atoms with E-state index in [-0.39, 0.29) is 18.5 Å². The quantitative estimate of drug-likeness (QED) is 0.412. The van der Waals surface area contributed by atoms with Crippen LogP contribution in [0.1, 0.15) is 51.4 Å². The van der Waals surface area contributed by atoms with Crippen LogP contribution in [0.3, 0.4) is 0 Å². The zero-order valence-corrected chi connectivity index (χ0v) is 15.8. The molecule has 0 aromatic heterocycles. The normalized spacial score (nSPS) is 29.4. The van der Waals surface area contributed by atoms with Crippen molar-refractivity contribution in [3.8, 4) is 0 Å². The van der Waals surface area contributed by atoms with Crippen molar-refractivity contribution >= 4 is 5.97 Å². The van der Waals surface area contributed by atoms with E-state index in [1.807, 2.05) is 0 Å². The largest absolute Gasteiger partial charge is 0.469 e. The van der Waals surface area contributed by atoms with Crippen molar-refractivity contribution in [2.24, 2.45) is 23.7 Å². The van der Waals surface area contributed by atoms with Crippen molar-refractivity contribution in [1.82, 2.24) is 0 Å². The van der Waals surface area contributed by atoms with E-state index in [9.17, 15) is 4.79 Å². The van der Waals surface area contributed by atoms with Crippen molar-refractivity contribution in [2.75, 3.05) is 40.8 Å². The van der Waals surface area contributed by atoms with Gasteiger partial charge in [-0.05, 0) is 56.3 Å². The minimum Gasteiger partial charge on any atom is -0.469 e. The Balaban J connectivity index is 0.000000251. The summed E-state index contributed by atoms with van der Waals surface area (Å²) in [5.41, 5.74) is 0. The van der Waals surface area contributed by atoms with E-state index in [1.54, 1.807) is 7.11 Å². The Bertz CT molecular complexity index is 349. The van der Waals surface area contributed by atoms with Gasteiger partial charge in [0.1, 0.15) is 6.79 Å². The molecule has 0 amide bonds. The highest BCUT2D eigenvalue weighted by molar-refractivity contribution is 5.72. The summed E-state index contributed by atoms with van der Waals surface area (Å²) in [5, 5.41) is 17.9. The number of carbonyl (C=O) groups is 1. The number of methoxy groups -OCH3 is 2. The molecule has 25 heavy (non-hydrogen) atoms. The number of hydrogen-bond acceptors (Lipinski definition) is 6. The molecule has 4 unspecified atom stereocenters. The maximum atomic E-state index is 11.1. The Labute approximate surface area is 151 Å². The summed E-state index contributed by atoms with van der Waals surface area (Å²) in [6.07, 6.45) is 8.55. The molecule has 0 spiro atoms. The summed E-state index contributed by atoms with van der Waals surface area (Å²) >= 11 is 0. The molecule has 0 heterocycles. The maximum Gasteiger partial charge on any atom is 0.308 e. The molecule has 6 nitrogen and oxygen atoms in total. The van der Waals surface area contributed by atoms with Gasteiger partial charge in [-0.2, -0.15) is 0 Å². The Morgan fingerprint density at radius 3 is 2.12 bits per heavy atom. The predicted molar refractivity (Wildman–Crippen MR) is 94.9 cm³/mol. The molecule has 2 saturated carbocycles. The molecule has 2 aliphatic rings. The molecule has 0 aliphatic heterocycles. The monoisotopic (exact) mass is 360 g/mol. The molecule has 0 radical (unpaired) electrons. The fourth-order valence-corrected chi connectivity index (χ4v) is 3.86. The van der Waals surface area contributed by atoms with Gasteiger partial charge < -0.3 is 24.4 Å². The summed E-state index contributed by atoms with van der Waals surface area (Å²) in [5.74, 6) is 1.35. The average Bonchev–Trinajstić information content (AvgIpc) is 2.68. The SMILES string of the molecule is COC(=O)C1CCCC(CO)C1.COCOCC1CCCC(CO)C1. The van der Waals surface area contributed by atoms with Crippen molar-refractivity contribution in [3.63, 3.8) is 0 Å². The van der Waals surface area contributed by atoms with Crippen molar-refractivity contribution in [1.29, 1.82) is 0 Å². The Morgan fingerprint density at radius 1 is 0.920 bits per heavy atom. The van der Waals surface area contributed by atoms with Crippen LogP contribution in [-0.4, -0.2) is 57.0 Å². The van der Waals surface area contributed by atoms with E-state index >= 15 is 0 Å². The molecule has 0 saturated heterocycles. The highest BCUT2D eigenvalue weighted by Gasteiger charge is 2.27. The number of carbonyl (C=O) groups excluding carboxylic acids is 1. The van der Waals surface area contributed by atoms with Crippen molar-refractivity contribution < 1.29 is 29.2 Å². The van der Waals surface area contributed by atoms with Crippen LogP contribution in [0.25, 0.3) is 0 Å². The van der Waals surface area contributed by atoms with Gasteiger partial charge >= 0.3 is 5.97 Å². The first kappa shape index (κ1) is 22.4. The lowest BCUT2D eigenvalue weighted by Gasteiger charge is -2.27.